The lowest BCUT2D eigenvalue weighted by molar-refractivity contribution is 0.0979. The van der Waals surface area contributed by atoms with Crippen molar-refractivity contribution in [2.45, 2.75) is 124 Å². The number of unbranched alkanes of at least 4 members (excludes halogenated alkanes) is 6. The summed E-state index contributed by atoms with van der Waals surface area (Å²) in [7, 11) is 0. The van der Waals surface area contributed by atoms with Gasteiger partial charge in [0.2, 0.25) is 0 Å². The molecule has 0 saturated carbocycles. The highest BCUT2D eigenvalue weighted by Crippen LogP contribution is 2.38. The third-order valence-corrected chi connectivity index (χ3v) is 7.79. The number of fused-ring (bicyclic) bond motifs is 3. The Balaban J connectivity index is 1.49. The smallest absolute Gasteiger partial charge is 0.162 e. The molecule has 0 heterocycles. The number of ketones is 1. The predicted molar refractivity (Wildman–Crippen MR) is 148 cm³/mol. The number of carbonyl (C=O) groups is 1. The summed E-state index contributed by atoms with van der Waals surface area (Å²) < 4.78 is 0. The Hall–Kier alpha value is -1.89. The third kappa shape index (κ3) is 7.82. The van der Waals surface area contributed by atoms with Crippen molar-refractivity contribution in [3.63, 3.8) is 0 Å². The summed E-state index contributed by atoms with van der Waals surface area (Å²) in [5.41, 5.74) is 7.86. The zero-order valence-electron chi connectivity index (χ0n) is 22.3. The topological polar surface area (TPSA) is 17.1 Å². The second-order valence-electron chi connectivity index (χ2n) is 10.7. The highest BCUT2D eigenvalue weighted by molar-refractivity contribution is 5.97. The molecule has 1 aliphatic rings. The summed E-state index contributed by atoms with van der Waals surface area (Å²) >= 11 is 0. The molecule has 0 bridgehead atoms. The first-order valence-electron chi connectivity index (χ1n) is 14.4. The first kappa shape index (κ1) is 26.7. The SMILES string of the molecule is CCCCCCC(CCCC)CCCCc1ccc2c(c1)Cc1cc(C(=O)CCCC)ccc1-2. The van der Waals surface area contributed by atoms with Gasteiger partial charge in [0.15, 0.2) is 5.78 Å². The van der Waals surface area contributed by atoms with Crippen molar-refractivity contribution in [2.24, 2.45) is 5.92 Å². The number of rotatable bonds is 17. The van der Waals surface area contributed by atoms with Crippen LogP contribution in [0.15, 0.2) is 36.4 Å². The highest BCUT2D eigenvalue weighted by atomic mass is 16.1. The highest BCUT2D eigenvalue weighted by Gasteiger charge is 2.20. The molecule has 1 unspecified atom stereocenters. The lowest BCUT2D eigenvalue weighted by Gasteiger charge is -2.16. The minimum atomic E-state index is 0.295. The van der Waals surface area contributed by atoms with Crippen molar-refractivity contribution in [3.8, 4) is 11.1 Å². The molecule has 1 aliphatic carbocycles. The maximum atomic E-state index is 12.5. The van der Waals surface area contributed by atoms with E-state index in [1.165, 1.54) is 105 Å². The van der Waals surface area contributed by atoms with Gasteiger partial charge in [-0.15, -0.1) is 0 Å². The van der Waals surface area contributed by atoms with Crippen molar-refractivity contribution < 1.29 is 4.79 Å². The molecule has 2 aromatic carbocycles. The largest absolute Gasteiger partial charge is 0.294 e. The second-order valence-corrected chi connectivity index (χ2v) is 10.7. The number of hydrogen-bond donors (Lipinski definition) is 0. The van der Waals surface area contributed by atoms with E-state index in [1.54, 1.807) is 0 Å². The van der Waals surface area contributed by atoms with Gasteiger partial charge >= 0.3 is 0 Å². The zero-order valence-corrected chi connectivity index (χ0v) is 22.3. The molecule has 0 aliphatic heterocycles. The van der Waals surface area contributed by atoms with Gasteiger partial charge in [-0.05, 0) is 65.5 Å². The Bertz CT molecular complexity index is 893. The maximum absolute atomic E-state index is 12.5. The normalized spacial score (nSPS) is 13.0. The molecule has 186 valence electrons. The molecular weight excluding hydrogens is 412 g/mol. The third-order valence-electron chi connectivity index (χ3n) is 7.79. The molecule has 0 N–H and O–H groups in total. The van der Waals surface area contributed by atoms with E-state index in [4.69, 9.17) is 0 Å². The van der Waals surface area contributed by atoms with Gasteiger partial charge in [-0.2, -0.15) is 0 Å². The van der Waals surface area contributed by atoms with Crippen LogP contribution in [0.5, 0.6) is 0 Å². The van der Waals surface area contributed by atoms with Crippen LogP contribution in [-0.4, -0.2) is 5.78 Å². The summed E-state index contributed by atoms with van der Waals surface area (Å²) in [5, 5.41) is 0. The van der Waals surface area contributed by atoms with Gasteiger partial charge in [-0.25, -0.2) is 0 Å². The van der Waals surface area contributed by atoms with Crippen LogP contribution in [0.4, 0.5) is 0 Å². The van der Waals surface area contributed by atoms with E-state index in [9.17, 15) is 4.79 Å². The molecule has 0 spiro atoms. The molecule has 1 nitrogen and oxygen atoms in total. The Morgan fingerprint density at radius 2 is 1.35 bits per heavy atom. The van der Waals surface area contributed by atoms with E-state index >= 15 is 0 Å². The minimum absolute atomic E-state index is 0.295. The van der Waals surface area contributed by atoms with Crippen LogP contribution in [0.25, 0.3) is 11.1 Å². The Labute approximate surface area is 209 Å². The van der Waals surface area contributed by atoms with Crippen molar-refractivity contribution in [1.82, 2.24) is 0 Å². The van der Waals surface area contributed by atoms with E-state index in [-0.39, 0.29) is 0 Å². The number of hydrogen-bond acceptors (Lipinski definition) is 1. The lowest BCUT2D eigenvalue weighted by atomic mass is 9.90. The molecule has 0 amide bonds. The average Bonchev–Trinajstić information content (AvgIpc) is 3.22. The van der Waals surface area contributed by atoms with Crippen LogP contribution in [0.2, 0.25) is 0 Å². The zero-order chi connectivity index (χ0) is 24.2. The van der Waals surface area contributed by atoms with Gasteiger partial charge in [-0.3, -0.25) is 4.79 Å². The summed E-state index contributed by atoms with van der Waals surface area (Å²) in [6.45, 7) is 6.77. The minimum Gasteiger partial charge on any atom is -0.294 e. The van der Waals surface area contributed by atoms with Gasteiger partial charge in [0.25, 0.3) is 0 Å². The van der Waals surface area contributed by atoms with Crippen LogP contribution >= 0.6 is 0 Å². The van der Waals surface area contributed by atoms with Gasteiger partial charge in [-0.1, -0.05) is 122 Å². The van der Waals surface area contributed by atoms with Crippen molar-refractivity contribution >= 4 is 5.78 Å². The summed E-state index contributed by atoms with van der Waals surface area (Å²) in [5.74, 6) is 1.24. The Morgan fingerprint density at radius 1 is 0.706 bits per heavy atom. The van der Waals surface area contributed by atoms with E-state index < -0.39 is 0 Å². The number of aryl methyl sites for hydroxylation is 1. The summed E-state index contributed by atoms with van der Waals surface area (Å²) in [4.78, 5) is 12.5. The molecule has 0 fully saturated rings. The molecule has 0 saturated heterocycles. The fourth-order valence-electron chi connectivity index (χ4n) is 5.62. The fourth-order valence-corrected chi connectivity index (χ4v) is 5.62. The molecule has 34 heavy (non-hydrogen) atoms. The summed E-state index contributed by atoms with van der Waals surface area (Å²) in [6.07, 6.45) is 20.2. The molecule has 0 radical (unpaired) electrons. The lowest BCUT2D eigenvalue weighted by Crippen LogP contribution is -2.01. The molecular formula is C33H48O. The maximum Gasteiger partial charge on any atom is 0.162 e. The van der Waals surface area contributed by atoms with E-state index in [0.717, 1.165) is 30.7 Å². The van der Waals surface area contributed by atoms with Crippen LogP contribution in [-0.2, 0) is 12.8 Å². The van der Waals surface area contributed by atoms with E-state index in [1.807, 2.05) is 6.07 Å². The van der Waals surface area contributed by atoms with Gasteiger partial charge in [0.1, 0.15) is 0 Å². The standard InChI is InChI=1S/C33H48O/c1-4-7-10-11-15-26(14-8-5-2)16-12-13-17-27-19-21-31-29(23-27)25-30-24-28(20-22-32(30)31)33(34)18-9-6-3/h19-24,26H,4-18,25H2,1-3H3. The first-order valence-corrected chi connectivity index (χ1v) is 14.4. The number of Topliss-reactive ketones (excluding diaryl/α,β-unsaturated/α-hetero) is 1. The number of benzene rings is 2. The Morgan fingerprint density at radius 3 is 2.09 bits per heavy atom. The van der Waals surface area contributed by atoms with Crippen LogP contribution in [0.1, 0.15) is 138 Å². The quantitative estimate of drug-likeness (QED) is 0.145. The van der Waals surface area contributed by atoms with Crippen molar-refractivity contribution in [2.75, 3.05) is 0 Å². The summed E-state index contributed by atoms with van der Waals surface area (Å²) in [6, 6.07) is 13.5. The monoisotopic (exact) mass is 460 g/mol. The van der Waals surface area contributed by atoms with Gasteiger partial charge in [0.05, 0.1) is 0 Å². The van der Waals surface area contributed by atoms with Crippen LogP contribution in [0.3, 0.4) is 0 Å². The second kappa shape index (κ2) is 14.5. The molecule has 0 aromatic heterocycles. The average molecular weight is 461 g/mol. The van der Waals surface area contributed by atoms with Crippen LogP contribution in [0, 0.1) is 5.92 Å². The van der Waals surface area contributed by atoms with Crippen molar-refractivity contribution in [3.05, 3.63) is 58.7 Å². The fraction of sp³-hybridized carbons (Fsp3) is 0.606. The first-order chi connectivity index (χ1) is 16.7. The predicted octanol–water partition coefficient (Wildman–Crippen LogP) is 10.1. The number of carbonyl (C=O) groups excluding carboxylic acids is 1. The molecule has 1 atom stereocenters. The van der Waals surface area contributed by atoms with E-state index in [0.29, 0.717) is 12.2 Å². The van der Waals surface area contributed by atoms with Gasteiger partial charge in [0, 0.05) is 12.0 Å². The van der Waals surface area contributed by atoms with E-state index in [2.05, 4.69) is 51.1 Å². The molecule has 3 rings (SSSR count). The van der Waals surface area contributed by atoms with Crippen LogP contribution < -0.4 is 0 Å². The Kier molecular flexibility index (Phi) is 11.4. The molecule has 2 aromatic rings. The van der Waals surface area contributed by atoms with Crippen molar-refractivity contribution in [1.29, 1.82) is 0 Å². The van der Waals surface area contributed by atoms with Gasteiger partial charge < -0.3 is 0 Å². The molecule has 1 heteroatoms.